The molecule has 0 bridgehead atoms. The van der Waals surface area contributed by atoms with Crippen molar-refractivity contribution < 1.29 is 9.84 Å². The molecule has 2 nitrogen and oxygen atoms in total. The van der Waals surface area contributed by atoms with E-state index in [1.807, 2.05) is 0 Å². The molecule has 2 unspecified atom stereocenters. The summed E-state index contributed by atoms with van der Waals surface area (Å²) in [5.74, 6) is 0. The minimum absolute atomic E-state index is 0.148. The van der Waals surface area contributed by atoms with E-state index in [9.17, 15) is 5.11 Å². The van der Waals surface area contributed by atoms with Gasteiger partial charge >= 0.3 is 0 Å². The summed E-state index contributed by atoms with van der Waals surface area (Å²) >= 11 is 0. The molecule has 0 amide bonds. The Balaban J connectivity index is 2.26. The van der Waals surface area contributed by atoms with E-state index in [2.05, 4.69) is 58.9 Å². The zero-order valence-electron chi connectivity index (χ0n) is 13.5. The molecule has 1 fully saturated rings. The summed E-state index contributed by atoms with van der Waals surface area (Å²) in [5, 5.41) is 11.0. The molecule has 1 aromatic rings. The van der Waals surface area contributed by atoms with Crippen molar-refractivity contribution in [3.05, 3.63) is 35.4 Å². The van der Waals surface area contributed by atoms with Crippen LogP contribution in [0.15, 0.2) is 24.3 Å². The molecule has 0 aromatic heterocycles. The fourth-order valence-electron chi connectivity index (χ4n) is 2.98. The first-order chi connectivity index (χ1) is 9.19. The van der Waals surface area contributed by atoms with E-state index < -0.39 is 5.60 Å². The standard InChI is InChI=1S/C18H28O2/c1-6-17(5)13-18(19,11-12-20-17)15-9-7-14(8-10-15)16(2,3)4/h7-10,19H,6,11-13H2,1-5H3. The number of ether oxygens (including phenoxy) is 1. The molecule has 2 heteroatoms. The molecule has 2 atom stereocenters. The van der Waals surface area contributed by atoms with Crippen molar-refractivity contribution in [2.45, 2.75) is 70.5 Å². The third kappa shape index (κ3) is 3.07. The molecule has 0 saturated carbocycles. The Morgan fingerprint density at radius 2 is 1.80 bits per heavy atom. The number of aliphatic hydroxyl groups is 1. The lowest BCUT2D eigenvalue weighted by Gasteiger charge is -2.43. The highest BCUT2D eigenvalue weighted by molar-refractivity contribution is 5.31. The minimum Gasteiger partial charge on any atom is -0.385 e. The van der Waals surface area contributed by atoms with Crippen LogP contribution < -0.4 is 0 Å². The van der Waals surface area contributed by atoms with Crippen molar-refractivity contribution in [2.24, 2.45) is 0 Å². The summed E-state index contributed by atoms with van der Waals surface area (Å²) in [6.45, 7) is 11.5. The predicted molar refractivity (Wildman–Crippen MR) is 82.9 cm³/mol. The largest absolute Gasteiger partial charge is 0.385 e. The zero-order chi connectivity index (χ0) is 15.0. The first kappa shape index (κ1) is 15.5. The van der Waals surface area contributed by atoms with Crippen molar-refractivity contribution in [1.82, 2.24) is 0 Å². The van der Waals surface area contributed by atoms with E-state index in [1.54, 1.807) is 0 Å². The third-order valence-corrected chi connectivity index (χ3v) is 4.67. The first-order valence-corrected chi connectivity index (χ1v) is 7.66. The monoisotopic (exact) mass is 276 g/mol. The normalized spacial score (nSPS) is 31.3. The van der Waals surface area contributed by atoms with Crippen LogP contribution >= 0.6 is 0 Å². The quantitative estimate of drug-likeness (QED) is 0.879. The Kier molecular flexibility index (Phi) is 4.01. The lowest BCUT2D eigenvalue weighted by molar-refractivity contribution is -0.157. The van der Waals surface area contributed by atoms with Gasteiger partial charge in [0.25, 0.3) is 0 Å². The van der Waals surface area contributed by atoms with Gasteiger partial charge in [-0.1, -0.05) is 52.0 Å². The molecule has 112 valence electrons. The topological polar surface area (TPSA) is 29.5 Å². The zero-order valence-corrected chi connectivity index (χ0v) is 13.5. The second-order valence-corrected chi connectivity index (χ2v) is 7.44. The summed E-state index contributed by atoms with van der Waals surface area (Å²) in [6, 6.07) is 8.46. The van der Waals surface area contributed by atoms with Gasteiger partial charge in [-0.05, 0) is 29.9 Å². The Morgan fingerprint density at radius 3 is 2.30 bits per heavy atom. The van der Waals surface area contributed by atoms with E-state index in [0.29, 0.717) is 19.4 Å². The summed E-state index contributed by atoms with van der Waals surface area (Å²) in [4.78, 5) is 0. The second-order valence-electron chi connectivity index (χ2n) is 7.44. The van der Waals surface area contributed by atoms with Crippen molar-refractivity contribution >= 4 is 0 Å². The van der Waals surface area contributed by atoms with E-state index >= 15 is 0 Å². The lowest BCUT2D eigenvalue weighted by Crippen LogP contribution is -2.45. The van der Waals surface area contributed by atoms with Crippen LogP contribution in [0, 0.1) is 0 Å². The van der Waals surface area contributed by atoms with Gasteiger partial charge in [0, 0.05) is 12.8 Å². The average molecular weight is 276 g/mol. The van der Waals surface area contributed by atoms with Crippen LogP contribution in [-0.2, 0) is 15.8 Å². The molecule has 1 aliphatic heterocycles. The first-order valence-electron chi connectivity index (χ1n) is 7.66. The molecule has 1 aromatic carbocycles. The van der Waals surface area contributed by atoms with Gasteiger partial charge in [0.1, 0.15) is 0 Å². The number of rotatable bonds is 2. The molecule has 1 aliphatic rings. The third-order valence-electron chi connectivity index (χ3n) is 4.67. The summed E-state index contributed by atoms with van der Waals surface area (Å²) < 4.78 is 5.85. The summed E-state index contributed by atoms with van der Waals surface area (Å²) in [6.07, 6.45) is 2.28. The van der Waals surface area contributed by atoms with Crippen molar-refractivity contribution in [1.29, 1.82) is 0 Å². The van der Waals surface area contributed by atoms with E-state index in [-0.39, 0.29) is 11.0 Å². The minimum atomic E-state index is -0.751. The molecule has 0 aliphatic carbocycles. The maximum Gasteiger partial charge on any atom is 0.0945 e. The molecule has 0 radical (unpaired) electrons. The average Bonchev–Trinajstić information content (AvgIpc) is 2.38. The van der Waals surface area contributed by atoms with Crippen LogP contribution in [0.1, 0.15) is 65.0 Å². The number of hydrogen-bond donors (Lipinski definition) is 1. The fourth-order valence-corrected chi connectivity index (χ4v) is 2.98. The van der Waals surface area contributed by atoms with Gasteiger partial charge in [-0.25, -0.2) is 0 Å². The highest BCUT2D eigenvalue weighted by Crippen LogP contribution is 2.41. The van der Waals surface area contributed by atoms with Crippen LogP contribution in [-0.4, -0.2) is 17.3 Å². The molecule has 1 heterocycles. The van der Waals surface area contributed by atoms with Gasteiger partial charge in [-0.3, -0.25) is 0 Å². The number of hydrogen-bond acceptors (Lipinski definition) is 2. The van der Waals surface area contributed by atoms with Gasteiger partial charge in [0.05, 0.1) is 17.8 Å². The van der Waals surface area contributed by atoms with Gasteiger partial charge in [-0.15, -0.1) is 0 Å². The van der Waals surface area contributed by atoms with Crippen LogP contribution in [0.2, 0.25) is 0 Å². The van der Waals surface area contributed by atoms with Crippen molar-refractivity contribution in [2.75, 3.05) is 6.61 Å². The van der Waals surface area contributed by atoms with Gasteiger partial charge < -0.3 is 9.84 Å². The predicted octanol–water partition coefficient (Wildman–Crippen LogP) is 4.15. The molecule has 1 N–H and O–H groups in total. The van der Waals surface area contributed by atoms with Crippen LogP contribution in [0.5, 0.6) is 0 Å². The Hall–Kier alpha value is -0.860. The highest BCUT2D eigenvalue weighted by Gasteiger charge is 2.42. The molecule has 20 heavy (non-hydrogen) atoms. The van der Waals surface area contributed by atoms with E-state index in [0.717, 1.165) is 12.0 Å². The van der Waals surface area contributed by atoms with E-state index in [4.69, 9.17) is 4.74 Å². The van der Waals surface area contributed by atoms with Crippen LogP contribution in [0.4, 0.5) is 0 Å². The van der Waals surface area contributed by atoms with Gasteiger partial charge in [-0.2, -0.15) is 0 Å². The van der Waals surface area contributed by atoms with Crippen LogP contribution in [0.25, 0.3) is 0 Å². The number of benzene rings is 1. The molecule has 1 saturated heterocycles. The highest BCUT2D eigenvalue weighted by atomic mass is 16.5. The molecular formula is C18H28O2. The smallest absolute Gasteiger partial charge is 0.0945 e. The van der Waals surface area contributed by atoms with E-state index in [1.165, 1.54) is 5.56 Å². The second kappa shape index (κ2) is 5.16. The maximum absolute atomic E-state index is 11.0. The molecule has 2 rings (SSSR count). The van der Waals surface area contributed by atoms with Gasteiger partial charge in [0.15, 0.2) is 0 Å². The molecular weight excluding hydrogens is 248 g/mol. The fraction of sp³-hybridized carbons (Fsp3) is 0.667. The Labute approximate surface area is 123 Å². The SMILES string of the molecule is CCC1(C)CC(O)(c2ccc(C(C)(C)C)cc2)CCO1. The Bertz CT molecular complexity index is 457. The van der Waals surface area contributed by atoms with Crippen LogP contribution in [0.3, 0.4) is 0 Å². The summed E-state index contributed by atoms with van der Waals surface area (Å²) in [5.41, 5.74) is 1.51. The van der Waals surface area contributed by atoms with Crippen molar-refractivity contribution in [3.63, 3.8) is 0 Å². The maximum atomic E-state index is 11.0. The summed E-state index contributed by atoms with van der Waals surface area (Å²) in [7, 11) is 0. The Morgan fingerprint density at radius 1 is 1.20 bits per heavy atom. The van der Waals surface area contributed by atoms with Gasteiger partial charge in [0.2, 0.25) is 0 Å². The lowest BCUT2D eigenvalue weighted by atomic mass is 9.76. The molecule has 0 spiro atoms. The van der Waals surface area contributed by atoms with Crippen molar-refractivity contribution in [3.8, 4) is 0 Å².